The summed E-state index contributed by atoms with van der Waals surface area (Å²) >= 11 is 0. The molecule has 0 aliphatic heterocycles. The Hall–Kier alpha value is -1.69. The van der Waals surface area contributed by atoms with Gasteiger partial charge in [-0.2, -0.15) is 0 Å². The standard InChI is InChI=1S/C14H22N4O2/c1-3-4-15-13-8-16-12(7-17-13)14(20)18(2)9-10-5-11(19)6-10/h7-8,10-11,19H,3-6,9H2,1-2H3,(H,15,17). The van der Waals surface area contributed by atoms with Crippen molar-refractivity contribution in [2.45, 2.75) is 32.3 Å². The van der Waals surface area contributed by atoms with E-state index < -0.39 is 0 Å². The van der Waals surface area contributed by atoms with Crippen molar-refractivity contribution >= 4 is 11.7 Å². The molecule has 0 aromatic carbocycles. The lowest BCUT2D eigenvalue weighted by Crippen LogP contribution is -2.39. The van der Waals surface area contributed by atoms with Crippen LogP contribution in [0, 0.1) is 5.92 Å². The highest BCUT2D eigenvalue weighted by Gasteiger charge is 2.29. The molecule has 20 heavy (non-hydrogen) atoms. The third-order valence-corrected chi connectivity index (χ3v) is 3.52. The molecule has 6 heteroatoms. The third kappa shape index (κ3) is 3.66. The molecule has 1 aliphatic rings. The largest absolute Gasteiger partial charge is 0.393 e. The van der Waals surface area contributed by atoms with Crippen LogP contribution in [-0.2, 0) is 0 Å². The topological polar surface area (TPSA) is 78.4 Å². The molecule has 1 aromatic rings. The Balaban J connectivity index is 1.87. The number of nitrogens with zero attached hydrogens (tertiary/aromatic N) is 3. The minimum absolute atomic E-state index is 0.124. The highest BCUT2D eigenvalue weighted by molar-refractivity contribution is 5.91. The molecule has 1 aliphatic carbocycles. The second kappa shape index (κ2) is 6.65. The van der Waals surface area contributed by atoms with Gasteiger partial charge in [0.1, 0.15) is 11.5 Å². The Morgan fingerprint density at radius 2 is 2.20 bits per heavy atom. The first-order chi connectivity index (χ1) is 9.60. The highest BCUT2D eigenvalue weighted by atomic mass is 16.3. The van der Waals surface area contributed by atoms with E-state index in [9.17, 15) is 9.90 Å². The zero-order chi connectivity index (χ0) is 14.5. The molecule has 0 bridgehead atoms. The van der Waals surface area contributed by atoms with Gasteiger partial charge in [0.05, 0.1) is 18.5 Å². The predicted octanol–water partition coefficient (Wildman–Crippen LogP) is 1.14. The third-order valence-electron chi connectivity index (χ3n) is 3.52. The van der Waals surface area contributed by atoms with Crippen LogP contribution in [0.15, 0.2) is 12.4 Å². The van der Waals surface area contributed by atoms with Crippen molar-refractivity contribution in [3.8, 4) is 0 Å². The number of hydrogen-bond donors (Lipinski definition) is 2. The van der Waals surface area contributed by atoms with Gasteiger partial charge >= 0.3 is 0 Å². The van der Waals surface area contributed by atoms with Gasteiger partial charge < -0.3 is 15.3 Å². The van der Waals surface area contributed by atoms with Crippen LogP contribution in [0.1, 0.15) is 36.7 Å². The molecule has 0 unspecified atom stereocenters. The number of amides is 1. The molecular formula is C14H22N4O2. The van der Waals surface area contributed by atoms with Crippen LogP contribution in [0.3, 0.4) is 0 Å². The van der Waals surface area contributed by atoms with Crippen molar-refractivity contribution in [3.05, 3.63) is 18.1 Å². The number of carbonyl (C=O) groups is 1. The second-order valence-electron chi connectivity index (χ2n) is 5.39. The van der Waals surface area contributed by atoms with E-state index in [1.54, 1.807) is 18.1 Å². The molecule has 6 nitrogen and oxygen atoms in total. The molecule has 1 fully saturated rings. The Labute approximate surface area is 119 Å². The monoisotopic (exact) mass is 278 g/mol. The maximum absolute atomic E-state index is 12.2. The van der Waals surface area contributed by atoms with Crippen LogP contribution in [0.2, 0.25) is 0 Å². The lowest BCUT2D eigenvalue weighted by Gasteiger charge is -2.34. The number of aliphatic hydroxyl groups excluding tert-OH is 1. The summed E-state index contributed by atoms with van der Waals surface area (Å²) in [6.07, 6.45) is 5.48. The van der Waals surface area contributed by atoms with E-state index in [-0.39, 0.29) is 12.0 Å². The van der Waals surface area contributed by atoms with Gasteiger partial charge in [-0.15, -0.1) is 0 Å². The molecular weight excluding hydrogens is 256 g/mol. The van der Waals surface area contributed by atoms with Crippen molar-refractivity contribution < 1.29 is 9.90 Å². The molecule has 1 heterocycles. The van der Waals surface area contributed by atoms with E-state index >= 15 is 0 Å². The average Bonchev–Trinajstić information content (AvgIpc) is 2.43. The minimum Gasteiger partial charge on any atom is -0.393 e. The molecule has 0 radical (unpaired) electrons. The van der Waals surface area contributed by atoms with Gasteiger partial charge in [0, 0.05) is 20.1 Å². The van der Waals surface area contributed by atoms with E-state index in [1.807, 2.05) is 0 Å². The maximum atomic E-state index is 12.2. The number of aromatic nitrogens is 2. The first-order valence-corrected chi connectivity index (χ1v) is 7.09. The minimum atomic E-state index is -0.188. The van der Waals surface area contributed by atoms with Gasteiger partial charge in [0.2, 0.25) is 0 Å². The molecule has 0 saturated heterocycles. The fourth-order valence-electron chi connectivity index (χ4n) is 2.30. The van der Waals surface area contributed by atoms with Crippen LogP contribution in [-0.4, -0.2) is 52.1 Å². The average molecular weight is 278 g/mol. The lowest BCUT2D eigenvalue weighted by atomic mass is 9.82. The van der Waals surface area contributed by atoms with E-state index in [1.165, 1.54) is 6.20 Å². The van der Waals surface area contributed by atoms with Crippen LogP contribution < -0.4 is 5.32 Å². The Kier molecular flexibility index (Phi) is 4.89. The van der Waals surface area contributed by atoms with Gasteiger partial charge in [-0.05, 0) is 25.2 Å². The number of anilines is 1. The zero-order valence-electron chi connectivity index (χ0n) is 12.0. The fourth-order valence-corrected chi connectivity index (χ4v) is 2.30. The van der Waals surface area contributed by atoms with E-state index in [0.29, 0.717) is 24.0 Å². The number of aliphatic hydroxyl groups is 1. The highest BCUT2D eigenvalue weighted by Crippen LogP contribution is 2.27. The quantitative estimate of drug-likeness (QED) is 0.816. The van der Waals surface area contributed by atoms with Crippen molar-refractivity contribution in [3.63, 3.8) is 0 Å². The molecule has 1 aromatic heterocycles. The number of hydrogen-bond acceptors (Lipinski definition) is 5. The smallest absolute Gasteiger partial charge is 0.273 e. The molecule has 1 saturated carbocycles. The van der Waals surface area contributed by atoms with Crippen molar-refractivity contribution in [2.75, 3.05) is 25.5 Å². The first kappa shape index (κ1) is 14.7. The Bertz CT molecular complexity index is 443. The van der Waals surface area contributed by atoms with Crippen molar-refractivity contribution in [2.24, 2.45) is 5.92 Å². The van der Waals surface area contributed by atoms with E-state index in [4.69, 9.17) is 0 Å². The van der Waals surface area contributed by atoms with E-state index in [2.05, 4.69) is 22.2 Å². The van der Waals surface area contributed by atoms with Gasteiger partial charge in [-0.25, -0.2) is 9.97 Å². The number of carbonyl (C=O) groups excluding carboxylic acids is 1. The van der Waals surface area contributed by atoms with Crippen LogP contribution >= 0.6 is 0 Å². The Morgan fingerprint density at radius 3 is 2.75 bits per heavy atom. The summed E-state index contributed by atoms with van der Waals surface area (Å²) in [5.74, 6) is 0.964. The lowest BCUT2D eigenvalue weighted by molar-refractivity contribution is 0.0264. The SMILES string of the molecule is CCCNc1cnc(C(=O)N(C)CC2CC(O)C2)cn1. The van der Waals surface area contributed by atoms with Crippen molar-refractivity contribution in [1.82, 2.24) is 14.9 Å². The summed E-state index contributed by atoms with van der Waals surface area (Å²) in [7, 11) is 1.76. The summed E-state index contributed by atoms with van der Waals surface area (Å²) in [5.41, 5.74) is 0.356. The van der Waals surface area contributed by atoms with Crippen LogP contribution in [0.25, 0.3) is 0 Å². The van der Waals surface area contributed by atoms with Gasteiger partial charge in [0.25, 0.3) is 5.91 Å². The summed E-state index contributed by atoms with van der Waals surface area (Å²) in [4.78, 5) is 22.2. The van der Waals surface area contributed by atoms with E-state index in [0.717, 1.165) is 25.8 Å². The molecule has 0 atom stereocenters. The van der Waals surface area contributed by atoms with Gasteiger partial charge in [-0.3, -0.25) is 4.79 Å². The summed E-state index contributed by atoms with van der Waals surface area (Å²) in [5, 5.41) is 12.4. The molecule has 110 valence electrons. The van der Waals surface area contributed by atoms with Crippen LogP contribution in [0.5, 0.6) is 0 Å². The van der Waals surface area contributed by atoms with Crippen LogP contribution in [0.4, 0.5) is 5.82 Å². The maximum Gasteiger partial charge on any atom is 0.273 e. The molecule has 2 rings (SSSR count). The second-order valence-corrected chi connectivity index (χ2v) is 5.39. The van der Waals surface area contributed by atoms with Gasteiger partial charge in [-0.1, -0.05) is 6.92 Å². The molecule has 2 N–H and O–H groups in total. The Morgan fingerprint density at radius 1 is 1.45 bits per heavy atom. The molecule has 1 amide bonds. The summed E-state index contributed by atoms with van der Waals surface area (Å²) < 4.78 is 0. The summed E-state index contributed by atoms with van der Waals surface area (Å²) in [6.45, 7) is 3.57. The number of nitrogens with one attached hydrogen (secondary N) is 1. The fraction of sp³-hybridized carbons (Fsp3) is 0.643. The first-order valence-electron chi connectivity index (χ1n) is 7.09. The predicted molar refractivity (Wildman–Crippen MR) is 76.5 cm³/mol. The van der Waals surface area contributed by atoms with Gasteiger partial charge in [0.15, 0.2) is 0 Å². The summed E-state index contributed by atoms with van der Waals surface area (Å²) in [6, 6.07) is 0. The van der Waals surface area contributed by atoms with Crippen molar-refractivity contribution in [1.29, 1.82) is 0 Å². The normalized spacial score (nSPS) is 21.1. The molecule has 0 spiro atoms. The zero-order valence-corrected chi connectivity index (χ0v) is 12.0. The number of rotatable bonds is 6.